The monoisotopic (exact) mass is 183 g/mol. The van der Waals surface area contributed by atoms with Crippen molar-refractivity contribution in [3.8, 4) is 0 Å². The Bertz CT molecular complexity index is 273. The van der Waals surface area contributed by atoms with E-state index in [1.165, 1.54) is 4.90 Å². The van der Waals surface area contributed by atoms with Gasteiger partial charge in [0.2, 0.25) is 0 Å². The second-order valence-corrected chi connectivity index (χ2v) is 3.77. The number of carbonyl (C=O) groups excluding carboxylic acids is 2. The van der Waals surface area contributed by atoms with Gasteiger partial charge in [0, 0.05) is 6.54 Å². The van der Waals surface area contributed by atoms with Gasteiger partial charge in [-0.25, -0.2) is 4.79 Å². The number of amides is 3. The molecule has 1 spiro atoms. The predicted molar refractivity (Wildman–Crippen MR) is 45.9 cm³/mol. The van der Waals surface area contributed by atoms with Crippen molar-refractivity contribution in [1.29, 1.82) is 0 Å². The summed E-state index contributed by atoms with van der Waals surface area (Å²) in [4.78, 5) is 24.3. The molecule has 2 rings (SSSR count). The molecule has 2 aliphatic rings. The van der Waals surface area contributed by atoms with E-state index < -0.39 is 5.54 Å². The van der Waals surface area contributed by atoms with Crippen LogP contribution in [0.25, 0.3) is 0 Å². The van der Waals surface area contributed by atoms with Crippen molar-refractivity contribution in [2.75, 3.05) is 6.54 Å². The van der Waals surface area contributed by atoms with E-state index in [2.05, 4.69) is 5.32 Å². The first-order valence-electron chi connectivity index (χ1n) is 4.46. The lowest BCUT2D eigenvalue weighted by Crippen LogP contribution is -2.43. The molecule has 1 aliphatic carbocycles. The standard InChI is InChI=1S/C8H13N3O2/c1-5(4-9)11-6(12)8(2-3-8)10-7(11)13/h5H,2-4,9H2,1H3,(H,10,13). The van der Waals surface area contributed by atoms with Crippen LogP contribution in [0.3, 0.4) is 0 Å². The SMILES string of the molecule is CC(CN)N1C(=O)NC2(CC2)C1=O. The molecule has 0 aromatic heterocycles. The van der Waals surface area contributed by atoms with Crippen LogP contribution in [-0.4, -0.2) is 35.0 Å². The average Bonchev–Trinajstić information content (AvgIpc) is 2.80. The van der Waals surface area contributed by atoms with E-state index in [9.17, 15) is 9.59 Å². The van der Waals surface area contributed by atoms with Crippen LogP contribution >= 0.6 is 0 Å². The van der Waals surface area contributed by atoms with E-state index in [4.69, 9.17) is 5.73 Å². The molecule has 1 saturated heterocycles. The fourth-order valence-corrected chi connectivity index (χ4v) is 1.61. The van der Waals surface area contributed by atoms with Crippen LogP contribution in [0.2, 0.25) is 0 Å². The molecule has 1 atom stereocenters. The molecule has 0 aromatic carbocycles. The Morgan fingerprint density at radius 3 is 2.62 bits per heavy atom. The predicted octanol–water partition coefficient (Wildman–Crippen LogP) is -0.582. The Labute approximate surface area is 76.3 Å². The summed E-state index contributed by atoms with van der Waals surface area (Å²) in [5.74, 6) is -0.101. The molecule has 5 heteroatoms. The first kappa shape index (κ1) is 8.50. The lowest BCUT2D eigenvalue weighted by Gasteiger charge is -2.19. The number of hydrogen-bond acceptors (Lipinski definition) is 3. The summed E-state index contributed by atoms with van der Waals surface area (Å²) in [7, 11) is 0. The number of rotatable bonds is 2. The van der Waals surface area contributed by atoms with Gasteiger partial charge in [0.1, 0.15) is 5.54 Å². The minimum absolute atomic E-state index is 0.101. The highest BCUT2D eigenvalue weighted by molar-refractivity contribution is 6.09. The van der Waals surface area contributed by atoms with Gasteiger partial charge in [-0.15, -0.1) is 0 Å². The molecular formula is C8H13N3O2. The number of urea groups is 1. The number of nitrogens with two attached hydrogens (primary N) is 1. The summed E-state index contributed by atoms with van der Waals surface area (Å²) >= 11 is 0. The second kappa shape index (κ2) is 2.45. The topological polar surface area (TPSA) is 75.4 Å². The van der Waals surface area contributed by atoms with Crippen LogP contribution in [0.15, 0.2) is 0 Å². The van der Waals surface area contributed by atoms with Crippen LogP contribution < -0.4 is 11.1 Å². The lowest BCUT2D eigenvalue weighted by atomic mass is 10.2. The zero-order chi connectivity index (χ0) is 9.64. The normalized spacial score (nSPS) is 26.5. The highest BCUT2D eigenvalue weighted by Gasteiger charge is 2.60. The molecule has 1 aliphatic heterocycles. The molecule has 5 nitrogen and oxygen atoms in total. The first-order chi connectivity index (χ1) is 6.10. The van der Waals surface area contributed by atoms with Crippen molar-refractivity contribution in [3.63, 3.8) is 0 Å². The smallest absolute Gasteiger partial charge is 0.325 e. The Kier molecular flexibility index (Phi) is 1.60. The van der Waals surface area contributed by atoms with Crippen molar-refractivity contribution in [2.45, 2.75) is 31.3 Å². The van der Waals surface area contributed by atoms with Crippen LogP contribution in [0.5, 0.6) is 0 Å². The fourth-order valence-electron chi connectivity index (χ4n) is 1.61. The molecule has 3 N–H and O–H groups in total. The van der Waals surface area contributed by atoms with E-state index in [1.54, 1.807) is 6.92 Å². The van der Waals surface area contributed by atoms with Gasteiger partial charge >= 0.3 is 6.03 Å². The van der Waals surface area contributed by atoms with E-state index in [0.717, 1.165) is 12.8 Å². The molecule has 1 unspecified atom stereocenters. The summed E-state index contributed by atoms with van der Waals surface area (Å²) in [6.07, 6.45) is 1.54. The summed E-state index contributed by atoms with van der Waals surface area (Å²) in [6, 6.07) is -0.493. The van der Waals surface area contributed by atoms with Gasteiger partial charge in [-0.05, 0) is 19.8 Å². The molecule has 1 saturated carbocycles. The average molecular weight is 183 g/mol. The zero-order valence-electron chi connectivity index (χ0n) is 7.54. The van der Waals surface area contributed by atoms with E-state index >= 15 is 0 Å². The van der Waals surface area contributed by atoms with Gasteiger partial charge in [-0.3, -0.25) is 9.69 Å². The van der Waals surface area contributed by atoms with Gasteiger partial charge < -0.3 is 11.1 Å². The maximum atomic E-state index is 11.7. The molecule has 1 heterocycles. The lowest BCUT2D eigenvalue weighted by molar-refractivity contribution is -0.129. The van der Waals surface area contributed by atoms with Gasteiger partial charge in [0.05, 0.1) is 6.04 Å². The van der Waals surface area contributed by atoms with Crippen molar-refractivity contribution in [1.82, 2.24) is 10.2 Å². The molecular weight excluding hydrogens is 170 g/mol. The molecule has 0 aromatic rings. The summed E-state index contributed by atoms with van der Waals surface area (Å²) < 4.78 is 0. The minimum atomic E-state index is -0.541. The molecule has 72 valence electrons. The number of imide groups is 1. The van der Waals surface area contributed by atoms with Gasteiger partial charge in [-0.2, -0.15) is 0 Å². The van der Waals surface area contributed by atoms with Crippen LogP contribution in [0, 0.1) is 0 Å². The summed E-state index contributed by atoms with van der Waals surface area (Å²) in [6.45, 7) is 2.09. The largest absolute Gasteiger partial charge is 0.328 e. The van der Waals surface area contributed by atoms with Crippen molar-refractivity contribution in [3.05, 3.63) is 0 Å². The van der Waals surface area contributed by atoms with Crippen molar-refractivity contribution < 1.29 is 9.59 Å². The van der Waals surface area contributed by atoms with Gasteiger partial charge in [0.25, 0.3) is 5.91 Å². The van der Waals surface area contributed by atoms with E-state index in [-0.39, 0.29) is 18.0 Å². The zero-order valence-corrected chi connectivity index (χ0v) is 7.54. The Hall–Kier alpha value is -1.10. The van der Waals surface area contributed by atoms with Crippen LogP contribution in [0.4, 0.5) is 4.79 Å². The third-order valence-corrected chi connectivity index (χ3v) is 2.73. The molecule has 0 bridgehead atoms. The highest BCUT2D eigenvalue weighted by atomic mass is 16.2. The second-order valence-electron chi connectivity index (χ2n) is 3.77. The molecule has 2 fully saturated rings. The minimum Gasteiger partial charge on any atom is -0.328 e. The molecule has 0 radical (unpaired) electrons. The quantitative estimate of drug-likeness (QED) is 0.562. The van der Waals surface area contributed by atoms with Crippen molar-refractivity contribution in [2.24, 2.45) is 5.73 Å². The van der Waals surface area contributed by atoms with Gasteiger partial charge in [-0.1, -0.05) is 0 Å². The highest BCUT2D eigenvalue weighted by Crippen LogP contribution is 2.41. The Morgan fingerprint density at radius 2 is 2.23 bits per heavy atom. The third kappa shape index (κ3) is 1.03. The molecule has 13 heavy (non-hydrogen) atoms. The Morgan fingerprint density at radius 1 is 1.62 bits per heavy atom. The molecule has 3 amide bonds. The first-order valence-corrected chi connectivity index (χ1v) is 4.46. The number of nitrogens with one attached hydrogen (secondary N) is 1. The number of hydrogen-bond donors (Lipinski definition) is 2. The maximum Gasteiger partial charge on any atom is 0.325 e. The Balaban J connectivity index is 2.20. The van der Waals surface area contributed by atoms with E-state index in [0.29, 0.717) is 6.54 Å². The summed E-state index contributed by atoms with van der Waals surface area (Å²) in [5, 5.41) is 2.70. The number of carbonyl (C=O) groups is 2. The maximum absolute atomic E-state index is 11.7. The van der Waals surface area contributed by atoms with E-state index in [1.807, 2.05) is 0 Å². The fraction of sp³-hybridized carbons (Fsp3) is 0.750. The summed E-state index contributed by atoms with van der Waals surface area (Å²) in [5.41, 5.74) is 4.87. The van der Waals surface area contributed by atoms with Crippen molar-refractivity contribution >= 4 is 11.9 Å². The number of nitrogens with zero attached hydrogens (tertiary/aromatic N) is 1. The third-order valence-electron chi connectivity index (χ3n) is 2.73. The van der Waals surface area contributed by atoms with Crippen LogP contribution in [0.1, 0.15) is 19.8 Å². The van der Waals surface area contributed by atoms with Gasteiger partial charge in [0.15, 0.2) is 0 Å². The van der Waals surface area contributed by atoms with Crippen LogP contribution in [-0.2, 0) is 4.79 Å².